The Morgan fingerprint density at radius 2 is 1.26 bits per heavy atom. The highest BCUT2D eigenvalue weighted by Crippen LogP contribution is 2.25. The third kappa shape index (κ3) is 10.8. The molecule has 0 radical (unpaired) electrons. The van der Waals surface area contributed by atoms with E-state index in [1.165, 1.54) is 44.9 Å². The van der Waals surface area contributed by atoms with Crippen LogP contribution in [0.3, 0.4) is 0 Å². The lowest BCUT2D eigenvalue weighted by Crippen LogP contribution is -2.63. The summed E-state index contributed by atoms with van der Waals surface area (Å²) < 4.78 is -0.103. The van der Waals surface area contributed by atoms with E-state index in [4.69, 9.17) is 5.11 Å². The summed E-state index contributed by atoms with van der Waals surface area (Å²) in [5.41, 5.74) is -2.25. The number of nitrogens with zero attached hydrogens (tertiary/aromatic N) is 1. The molecule has 0 aromatic heterocycles. The van der Waals surface area contributed by atoms with Gasteiger partial charge in [0.2, 0.25) is 11.8 Å². The van der Waals surface area contributed by atoms with Crippen molar-refractivity contribution >= 4 is 11.8 Å². The summed E-state index contributed by atoms with van der Waals surface area (Å²) in [5, 5.41) is 30.0. The van der Waals surface area contributed by atoms with Crippen molar-refractivity contribution in [1.29, 1.82) is 0 Å². The molecule has 0 heterocycles. The van der Waals surface area contributed by atoms with Gasteiger partial charge in [-0.2, -0.15) is 0 Å². The summed E-state index contributed by atoms with van der Waals surface area (Å²) in [6.45, 7) is 2.22. The first kappa shape index (κ1) is 26.0. The number of aliphatic carboxylic acids is 1. The first-order chi connectivity index (χ1) is 12.6. The van der Waals surface area contributed by atoms with Gasteiger partial charge >= 0.3 is 5.97 Å². The topological polar surface area (TPSA) is 94.8 Å². The van der Waals surface area contributed by atoms with Crippen molar-refractivity contribution in [2.45, 2.75) is 102 Å². The van der Waals surface area contributed by atoms with Gasteiger partial charge in [0.05, 0.1) is 27.6 Å². The summed E-state index contributed by atoms with van der Waals surface area (Å²) >= 11 is 0. The zero-order chi connectivity index (χ0) is 20.9. The number of quaternary nitrogens is 1. The second-order valence-electron chi connectivity index (χ2n) is 8.69. The van der Waals surface area contributed by atoms with Gasteiger partial charge in [-0.05, 0) is 6.42 Å². The lowest BCUT2D eigenvalue weighted by Gasteiger charge is -2.39. The van der Waals surface area contributed by atoms with Gasteiger partial charge in [0.1, 0.15) is 0 Å². The van der Waals surface area contributed by atoms with Crippen LogP contribution in [0.1, 0.15) is 90.4 Å². The molecule has 6 heteroatoms. The maximum absolute atomic E-state index is 12.5. The third-order valence-electron chi connectivity index (χ3n) is 5.07. The van der Waals surface area contributed by atoms with E-state index in [9.17, 15) is 19.8 Å². The van der Waals surface area contributed by atoms with Gasteiger partial charge in [0.25, 0.3) is 0 Å². The van der Waals surface area contributed by atoms with Crippen LogP contribution < -0.4 is 0 Å². The lowest BCUT2D eigenvalue weighted by atomic mass is 9.87. The van der Waals surface area contributed by atoms with Crippen LogP contribution in [0.4, 0.5) is 0 Å². The minimum absolute atomic E-state index is 0.0951. The predicted octanol–water partition coefficient (Wildman–Crippen LogP) is 3.49. The van der Waals surface area contributed by atoms with Gasteiger partial charge in [-0.3, -0.25) is 9.59 Å². The lowest BCUT2D eigenvalue weighted by molar-refractivity contribution is -0.925. The molecule has 0 spiro atoms. The minimum atomic E-state index is -2.25. The zero-order valence-electron chi connectivity index (χ0n) is 17.9. The van der Waals surface area contributed by atoms with E-state index in [2.05, 4.69) is 6.92 Å². The molecule has 1 unspecified atom stereocenters. The number of carboxylic acid groups (broad SMARTS) is 1. The molecule has 27 heavy (non-hydrogen) atoms. The summed E-state index contributed by atoms with van der Waals surface area (Å²) in [4.78, 5) is 23.5. The second kappa shape index (κ2) is 13.2. The van der Waals surface area contributed by atoms with Gasteiger partial charge in [-0.25, -0.2) is 0 Å². The number of carboxylic acids is 1. The molecule has 0 aromatic carbocycles. The molecule has 0 amide bonds. The molecule has 0 rings (SSSR count). The Morgan fingerprint density at radius 3 is 1.63 bits per heavy atom. The highest BCUT2D eigenvalue weighted by molar-refractivity contribution is 5.91. The summed E-state index contributed by atoms with van der Waals surface area (Å²) in [5.74, 6) is -1.88. The van der Waals surface area contributed by atoms with Gasteiger partial charge in [-0.1, -0.05) is 71.1 Å². The molecule has 0 fully saturated rings. The van der Waals surface area contributed by atoms with Crippen LogP contribution in [0.15, 0.2) is 0 Å². The van der Waals surface area contributed by atoms with E-state index in [0.717, 1.165) is 19.3 Å². The van der Waals surface area contributed by atoms with Crippen LogP contribution in [0.25, 0.3) is 0 Å². The van der Waals surface area contributed by atoms with E-state index < -0.39 is 30.0 Å². The molecule has 2 atom stereocenters. The number of aliphatic hydroxyl groups excluding tert-OH is 1. The van der Waals surface area contributed by atoms with Crippen LogP contribution >= 0.6 is 0 Å². The normalized spacial score (nSPS) is 15.3. The monoisotopic (exact) mass is 388 g/mol. The van der Waals surface area contributed by atoms with Crippen molar-refractivity contribution in [2.24, 2.45) is 0 Å². The van der Waals surface area contributed by atoms with Crippen LogP contribution in [0, 0.1) is 0 Å². The van der Waals surface area contributed by atoms with Crippen molar-refractivity contribution in [1.82, 2.24) is 0 Å². The van der Waals surface area contributed by atoms with E-state index in [1.54, 1.807) is 21.1 Å². The zero-order valence-corrected chi connectivity index (χ0v) is 17.9. The molecule has 0 saturated heterocycles. The Bertz CT molecular complexity index is 433. The summed E-state index contributed by atoms with van der Waals surface area (Å²) in [6.07, 6.45) is 10.5. The maximum atomic E-state index is 12.5. The molecule has 0 saturated carbocycles. The highest BCUT2D eigenvalue weighted by atomic mass is 16.4. The number of aliphatic hydroxyl groups is 2. The summed E-state index contributed by atoms with van der Waals surface area (Å²) in [7, 11) is 4.85. The van der Waals surface area contributed by atoms with E-state index in [1.807, 2.05) is 0 Å². The molecular formula is C21H42NO5+. The third-order valence-corrected chi connectivity index (χ3v) is 5.07. The molecule has 160 valence electrons. The quantitative estimate of drug-likeness (QED) is 0.201. The summed E-state index contributed by atoms with van der Waals surface area (Å²) in [6, 6.07) is 0. The number of Topliss-reactive ketones (excluding diaryl/α,β-unsaturated/α-hetero) is 1. The van der Waals surface area contributed by atoms with Crippen LogP contribution in [-0.2, 0) is 9.59 Å². The average Bonchev–Trinajstić information content (AvgIpc) is 2.57. The number of carbonyl (C=O) groups excluding carboxylic acids is 1. The fourth-order valence-electron chi connectivity index (χ4n) is 3.37. The fraction of sp³-hybridized carbons (Fsp3) is 0.905. The number of likely N-dealkylation sites (N-methyl/N-ethyl adjacent to an activating group) is 1. The Morgan fingerprint density at radius 1 is 0.852 bits per heavy atom. The SMILES string of the molecule is CCCCCCCCCCCCCC(=O)[C@@](O)(CC(=O)O)C(O)[N+](C)(C)C. The van der Waals surface area contributed by atoms with Crippen molar-refractivity contribution < 1.29 is 29.4 Å². The number of rotatable bonds is 17. The second-order valence-corrected chi connectivity index (χ2v) is 8.69. The van der Waals surface area contributed by atoms with Gasteiger partial charge in [0, 0.05) is 6.42 Å². The smallest absolute Gasteiger partial charge is 0.307 e. The Hall–Kier alpha value is -0.980. The molecule has 3 N–H and O–H groups in total. The van der Waals surface area contributed by atoms with Gasteiger partial charge in [0.15, 0.2) is 5.78 Å². The van der Waals surface area contributed by atoms with E-state index in [-0.39, 0.29) is 10.9 Å². The standard InChI is InChI=1S/C21H41NO5/c1-5-6-7-8-9-10-11-12-13-14-15-16-18(23)21(27,17-19(24)25)20(26)22(2,3)4/h20,26-27H,5-17H2,1-4H3/p+1/t20?,21-/m0/s1. The van der Waals surface area contributed by atoms with Crippen LogP contribution in [0.5, 0.6) is 0 Å². The molecular weight excluding hydrogens is 346 g/mol. The van der Waals surface area contributed by atoms with Crippen molar-refractivity contribution in [3.63, 3.8) is 0 Å². The minimum Gasteiger partial charge on any atom is -0.481 e. The molecule has 0 aliphatic carbocycles. The number of carbonyl (C=O) groups is 2. The van der Waals surface area contributed by atoms with Crippen molar-refractivity contribution in [2.75, 3.05) is 21.1 Å². The predicted molar refractivity (Wildman–Crippen MR) is 107 cm³/mol. The average molecular weight is 389 g/mol. The Labute approximate surface area is 165 Å². The molecule has 0 aliphatic heterocycles. The maximum Gasteiger partial charge on any atom is 0.307 e. The van der Waals surface area contributed by atoms with Gasteiger partial charge < -0.3 is 19.8 Å². The van der Waals surface area contributed by atoms with Crippen LogP contribution in [0.2, 0.25) is 0 Å². The number of hydrogen-bond donors (Lipinski definition) is 3. The van der Waals surface area contributed by atoms with E-state index in [0.29, 0.717) is 6.42 Å². The first-order valence-corrected chi connectivity index (χ1v) is 10.5. The number of ketones is 1. The largest absolute Gasteiger partial charge is 0.481 e. The molecule has 0 aromatic rings. The number of unbranched alkanes of at least 4 members (excludes halogenated alkanes) is 10. The van der Waals surface area contributed by atoms with Crippen molar-refractivity contribution in [3.05, 3.63) is 0 Å². The highest BCUT2D eigenvalue weighted by Gasteiger charge is 2.51. The Kier molecular flexibility index (Phi) is 12.8. The van der Waals surface area contributed by atoms with Gasteiger partial charge in [-0.15, -0.1) is 0 Å². The first-order valence-electron chi connectivity index (χ1n) is 10.5. The fourth-order valence-corrected chi connectivity index (χ4v) is 3.37. The molecule has 0 bridgehead atoms. The molecule has 6 nitrogen and oxygen atoms in total. The van der Waals surface area contributed by atoms with Crippen LogP contribution in [-0.4, -0.2) is 64.5 Å². The van der Waals surface area contributed by atoms with E-state index >= 15 is 0 Å². The molecule has 0 aliphatic rings. The van der Waals surface area contributed by atoms with Crippen molar-refractivity contribution in [3.8, 4) is 0 Å². The number of hydrogen-bond acceptors (Lipinski definition) is 4. The Balaban J connectivity index is 4.16.